The molecule has 0 radical (unpaired) electrons. The summed E-state index contributed by atoms with van der Waals surface area (Å²) in [6, 6.07) is 1.79. The summed E-state index contributed by atoms with van der Waals surface area (Å²) in [4.78, 5) is 25.0. The van der Waals surface area contributed by atoms with Crippen molar-refractivity contribution in [2.75, 3.05) is 13.1 Å². The summed E-state index contributed by atoms with van der Waals surface area (Å²) in [6.07, 6.45) is 1.06. The molecular formula is C13H19N3O3. The SMILES string of the molecule is CCn1nc(C)cc1C(=O)N1CCC(C(=O)O)CC1. The number of hydrogen-bond acceptors (Lipinski definition) is 3. The van der Waals surface area contributed by atoms with Crippen molar-refractivity contribution in [1.29, 1.82) is 0 Å². The van der Waals surface area contributed by atoms with Crippen molar-refractivity contribution in [2.45, 2.75) is 33.2 Å². The number of carboxylic acids is 1. The van der Waals surface area contributed by atoms with Gasteiger partial charge in [0.2, 0.25) is 0 Å². The molecule has 1 aromatic rings. The minimum Gasteiger partial charge on any atom is -0.481 e. The number of amides is 1. The molecule has 1 saturated heterocycles. The van der Waals surface area contributed by atoms with Crippen molar-refractivity contribution >= 4 is 11.9 Å². The molecule has 1 aromatic heterocycles. The Morgan fingerprint density at radius 2 is 2.05 bits per heavy atom. The molecule has 0 saturated carbocycles. The normalized spacial score (nSPS) is 16.6. The van der Waals surface area contributed by atoms with Crippen LogP contribution in [0.5, 0.6) is 0 Å². The van der Waals surface area contributed by atoms with Crippen molar-refractivity contribution < 1.29 is 14.7 Å². The van der Waals surface area contributed by atoms with Crippen LogP contribution in [0, 0.1) is 12.8 Å². The fourth-order valence-corrected chi connectivity index (χ4v) is 2.45. The predicted octanol–water partition coefficient (Wildman–Crippen LogP) is 1.15. The molecule has 0 spiro atoms. The van der Waals surface area contributed by atoms with Crippen LogP contribution in [0.1, 0.15) is 35.9 Å². The molecule has 0 atom stereocenters. The zero-order valence-corrected chi connectivity index (χ0v) is 11.3. The standard InChI is InChI=1S/C13H19N3O3/c1-3-16-11(8-9(2)14-16)12(17)15-6-4-10(5-7-15)13(18)19/h8,10H,3-7H2,1-2H3,(H,18,19). The average Bonchev–Trinajstić information content (AvgIpc) is 2.79. The van der Waals surface area contributed by atoms with E-state index in [2.05, 4.69) is 5.10 Å². The minimum atomic E-state index is -0.762. The van der Waals surface area contributed by atoms with Gasteiger partial charge in [-0.15, -0.1) is 0 Å². The quantitative estimate of drug-likeness (QED) is 0.889. The number of carbonyl (C=O) groups excluding carboxylic acids is 1. The Labute approximate surface area is 112 Å². The third-order valence-corrected chi connectivity index (χ3v) is 3.55. The first-order valence-electron chi connectivity index (χ1n) is 6.59. The van der Waals surface area contributed by atoms with Crippen LogP contribution >= 0.6 is 0 Å². The molecule has 1 amide bonds. The molecule has 6 nitrogen and oxygen atoms in total. The molecule has 104 valence electrons. The molecule has 19 heavy (non-hydrogen) atoms. The third kappa shape index (κ3) is 2.77. The number of rotatable bonds is 3. The Bertz CT molecular complexity index is 487. The average molecular weight is 265 g/mol. The molecule has 0 bridgehead atoms. The smallest absolute Gasteiger partial charge is 0.306 e. The fourth-order valence-electron chi connectivity index (χ4n) is 2.45. The van der Waals surface area contributed by atoms with Crippen LogP contribution in [0.3, 0.4) is 0 Å². The molecule has 1 N–H and O–H groups in total. The van der Waals surface area contributed by atoms with Gasteiger partial charge in [-0.25, -0.2) is 0 Å². The summed E-state index contributed by atoms with van der Waals surface area (Å²) < 4.78 is 1.70. The largest absolute Gasteiger partial charge is 0.481 e. The zero-order valence-electron chi connectivity index (χ0n) is 11.3. The van der Waals surface area contributed by atoms with Crippen LogP contribution in [0.4, 0.5) is 0 Å². The highest BCUT2D eigenvalue weighted by Gasteiger charge is 2.28. The summed E-state index contributed by atoms with van der Waals surface area (Å²) in [6.45, 7) is 5.47. The third-order valence-electron chi connectivity index (χ3n) is 3.55. The maximum absolute atomic E-state index is 12.4. The van der Waals surface area contributed by atoms with Gasteiger partial charge in [-0.05, 0) is 32.8 Å². The van der Waals surface area contributed by atoms with Crippen LogP contribution in [-0.2, 0) is 11.3 Å². The van der Waals surface area contributed by atoms with Gasteiger partial charge in [0.1, 0.15) is 5.69 Å². The van der Waals surface area contributed by atoms with E-state index in [9.17, 15) is 9.59 Å². The maximum Gasteiger partial charge on any atom is 0.306 e. The molecule has 2 heterocycles. The van der Waals surface area contributed by atoms with Crippen molar-refractivity contribution in [1.82, 2.24) is 14.7 Å². The Hall–Kier alpha value is -1.85. The van der Waals surface area contributed by atoms with Gasteiger partial charge in [-0.3, -0.25) is 14.3 Å². The highest BCUT2D eigenvalue weighted by molar-refractivity contribution is 5.92. The monoisotopic (exact) mass is 265 g/mol. The highest BCUT2D eigenvalue weighted by atomic mass is 16.4. The molecule has 1 aliphatic rings. The Balaban J connectivity index is 2.07. The number of likely N-dealkylation sites (tertiary alicyclic amines) is 1. The molecule has 0 unspecified atom stereocenters. The minimum absolute atomic E-state index is 0.0497. The Morgan fingerprint density at radius 1 is 1.42 bits per heavy atom. The van der Waals surface area contributed by atoms with E-state index in [4.69, 9.17) is 5.11 Å². The number of aryl methyl sites for hydroxylation is 2. The van der Waals surface area contributed by atoms with Gasteiger partial charge in [0.05, 0.1) is 11.6 Å². The second kappa shape index (κ2) is 5.42. The second-order valence-electron chi connectivity index (χ2n) is 4.89. The molecular weight excluding hydrogens is 246 g/mol. The predicted molar refractivity (Wildman–Crippen MR) is 68.9 cm³/mol. The molecule has 6 heteroatoms. The van der Waals surface area contributed by atoms with Crippen molar-refractivity contribution in [3.8, 4) is 0 Å². The summed E-state index contributed by atoms with van der Waals surface area (Å²) in [5.74, 6) is -1.13. The van der Waals surface area contributed by atoms with Crippen LogP contribution < -0.4 is 0 Å². The summed E-state index contributed by atoms with van der Waals surface area (Å²) in [5, 5.41) is 13.2. The van der Waals surface area contributed by atoms with E-state index in [0.717, 1.165) is 5.69 Å². The highest BCUT2D eigenvalue weighted by Crippen LogP contribution is 2.19. The first-order chi connectivity index (χ1) is 9.02. The summed E-state index contributed by atoms with van der Waals surface area (Å²) in [5.41, 5.74) is 1.42. The van der Waals surface area contributed by atoms with Gasteiger partial charge in [0.15, 0.2) is 0 Å². The molecule has 1 fully saturated rings. The van der Waals surface area contributed by atoms with Gasteiger partial charge in [-0.1, -0.05) is 0 Å². The summed E-state index contributed by atoms with van der Waals surface area (Å²) in [7, 11) is 0. The van der Waals surface area contributed by atoms with Gasteiger partial charge < -0.3 is 10.0 Å². The van der Waals surface area contributed by atoms with Gasteiger partial charge in [0, 0.05) is 19.6 Å². The van der Waals surface area contributed by atoms with E-state index in [1.54, 1.807) is 15.6 Å². The Kier molecular flexibility index (Phi) is 3.87. The number of aliphatic carboxylic acids is 1. The molecule has 0 aromatic carbocycles. The summed E-state index contributed by atoms with van der Waals surface area (Å²) >= 11 is 0. The zero-order chi connectivity index (χ0) is 14.0. The van der Waals surface area contributed by atoms with Crippen molar-refractivity contribution in [2.24, 2.45) is 5.92 Å². The maximum atomic E-state index is 12.4. The van der Waals surface area contributed by atoms with Gasteiger partial charge in [0.25, 0.3) is 5.91 Å². The second-order valence-corrected chi connectivity index (χ2v) is 4.89. The Morgan fingerprint density at radius 3 is 2.58 bits per heavy atom. The van der Waals surface area contributed by atoms with Gasteiger partial charge >= 0.3 is 5.97 Å². The number of piperidine rings is 1. The number of carbonyl (C=O) groups is 2. The molecule has 2 rings (SSSR count). The number of nitrogens with zero attached hydrogens (tertiary/aromatic N) is 3. The van der Waals surface area contributed by atoms with E-state index < -0.39 is 5.97 Å². The first-order valence-corrected chi connectivity index (χ1v) is 6.59. The molecule has 1 aliphatic heterocycles. The lowest BCUT2D eigenvalue weighted by atomic mass is 9.97. The number of carboxylic acid groups (broad SMARTS) is 1. The first kappa shape index (κ1) is 13.6. The topological polar surface area (TPSA) is 75.4 Å². The van der Waals surface area contributed by atoms with Crippen molar-refractivity contribution in [3.05, 3.63) is 17.5 Å². The molecule has 0 aliphatic carbocycles. The lowest BCUT2D eigenvalue weighted by molar-refractivity contribution is -0.143. The fraction of sp³-hybridized carbons (Fsp3) is 0.615. The van der Waals surface area contributed by atoms with E-state index in [1.807, 2.05) is 13.8 Å². The number of hydrogen-bond donors (Lipinski definition) is 1. The van der Waals surface area contributed by atoms with E-state index in [1.165, 1.54) is 0 Å². The van der Waals surface area contributed by atoms with Crippen LogP contribution in [-0.4, -0.2) is 44.8 Å². The van der Waals surface area contributed by atoms with E-state index in [0.29, 0.717) is 38.2 Å². The lowest BCUT2D eigenvalue weighted by Gasteiger charge is -2.30. The van der Waals surface area contributed by atoms with E-state index in [-0.39, 0.29) is 11.8 Å². The van der Waals surface area contributed by atoms with Crippen LogP contribution in [0.2, 0.25) is 0 Å². The van der Waals surface area contributed by atoms with Crippen molar-refractivity contribution in [3.63, 3.8) is 0 Å². The number of aromatic nitrogens is 2. The van der Waals surface area contributed by atoms with Crippen LogP contribution in [0.15, 0.2) is 6.07 Å². The van der Waals surface area contributed by atoms with Gasteiger partial charge in [-0.2, -0.15) is 5.10 Å². The van der Waals surface area contributed by atoms with E-state index >= 15 is 0 Å². The lowest BCUT2D eigenvalue weighted by Crippen LogP contribution is -2.41. The van der Waals surface area contributed by atoms with Crippen LogP contribution in [0.25, 0.3) is 0 Å².